The predicted octanol–water partition coefficient (Wildman–Crippen LogP) is 9.36. The highest BCUT2D eigenvalue weighted by Crippen LogP contribution is 2.26. The molecule has 18 aliphatic rings. The molecule has 18 rings (SSSR count). The standard InChI is InChI=1S/3C6H14N2.C6H12N2.C6H14N2.4C6H13NO.3C6H13NS.3C5H13N3.3C5H9NO/c1-6(2)3-7-5-8-4-6;1-6(2)5-7-3-4-8-6;2*1-6(2)3-4-7-5-8-6;1-6(2)7-4-3-5-8-6;1-6(2)5-8-4-3-7-6;1-6(2)3-4-8-5-7-6;1-6(2)7-4-3-5-8-6;1-6(2)4-3-5-8-7-6;1-6(2)5-8-4-3-7-6;1-6(2)3-4-8-5-7-6;1-6(2)7-4-3-5-8-6;1-5(2)7-3-6-4-8-5;1-5(2)3-7-8-4-6-5;1-5(2)3-6-4-7-8-5;1-5(2)3-6-7-4-5;1-5(2)3-4-7-6-5;1-5(2)3-4-6-7-5/h3*7-8H,3-5H2,1-2H3;3-4,7-8H,5H2,1-2H3;7-8H,3-5H2,1-2H3;7*7H,3-5H2,1-2H3;3*6-8H,3-4H2,1-2H3;3H,4H2,1-2H3;3-4,6H,1-2H3;4H,3H2,1-2H3. The Labute approximate surface area is 875 Å². The highest BCUT2D eigenvalue weighted by Gasteiger charge is 2.30. The molecule has 0 spiro atoms. The molecule has 18 heterocycles. The normalized spacial score (nSPS) is 27.1. The number of hydrogen-bond donors (Lipinski definition) is 27. The van der Waals surface area contributed by atoms with E-state index in [2.05, 4.69) is 368 Å². The van der Waals surface area contributed by atoms with Crippen molar-refractivity contribution in [2.75, 3.05) is 214 Å². The Morgan fingerprint density at radius 2 is 0.965 bits per heavy atom. The number of oxime groups is 2. The number of ether oxygens (including phenoxy) is 3. The van der Waals surface area contributed by atoms with E-state index in [-0.39, 0.29) is 61.3 Å². The summed E-state index contributed by atoms with van der Waals surface area (Å²) in [5, 5.41) is 76.2. The fourth-order valence-corrected chi connectivity index (χ4v) is 16.9. The zero-order valence-corrected chi connectivity index (χ0v) is 99.1. The van der Waals surface area contributed by atoms with Gasteiger partial charge in [0.2, 0.25) is 0 Å². The lowest BCUT2D eigenvalue weighted by Crippen LogP contribution is -2.62. The van der Waals surface area contributed by atoms with Crippen molar-refractivity contribution in [3.63, 3.8) is 0 Å². The topological polar surface area (TPSA) is 414 Å². The van der Waals surface area contributed by atoms with Crippen molar-refractivity contribution in [1.29, 1.82) is 0 Å². The molecular weight excluding hydrogens is 1840 g/mol. The van der Waals surface area contributed by atoms with Crippen LogP contribution >= 0.6 is 35.3 Å². The third-order valence-corrected chi connectivity index (χ3v) is 27.2. The quantitative estimate of drug-likeness (QED) is 0.107. The van der Waals surface area contributed by atoms with Gasteiger partial charge in [0.1, 0.15) is 24.2 Å². The number of piperazine rings is 1. The van der Waals surface area contributed by atoms with E-state index >= 15 is 0 Å². The van der Waals surface area contributed by atoms with Gasteiger partial charge >= 0.3 is 0 Å². The van der Waals surface area contributed by atoms with Crippen LogP contribution in [0.1, 0.15) is 307 Å². The van der Waals surface area contributed by atoms with E-state index in [1.807, 2.05) is 95.3 Å². The second kappa shape index (κ2) is 69.4. The van der Waals surface area contributed by atoms with Crippen molar-refractivity contribution in [1.82, 2.24) is 144 Å². The lowest BCUT2D eigenvalue weighted by atomic mass is 9.92. The van der Waals surface area contributed by atoms with Crippen LogP contribution in [0.15, 0.2) is 34.9 Å². The second-order valence-corrected chi connectivity index (χ2v) is 53.4. The van der Waals surface area contributed by atoms with E-state index in [9.17, 15) is 0 Å². The Hall–Kier alpha value is -2.13. The van der Waals surface area contributed by atoms with E-state index in [4.69, 9.17) is 33.6 Å². The summed E-state index contributed by atoms with van der Waals surface area (Å²) in [6.45, 7) is 105. The summed E-state index contributed by atoms with van der Waals surface area (Å²) >= 11 is 6.03. The van der Waals surface area contributed by atoms with Crippen LogP contribution in [-0.2, 0) is 33.6 Å². The molecule has 838 valence electrons. The summed E-state index contributed by atoms with van der Waals surface area (Å²) in [6.07, 6.45) is 22.0. The molecule has 0 saturated carbocycles. The molecule has 18 aliphatic heterocycles. The molecule has 14 fully saturated rings. The van der Waals surface area contributed by atoms with Crippen LogP contribution in [0.25, 0.3) is 0 Å². The van der Waals surface area contributed by atoms with Crippen LogP contribution in [0.3, 0.4) is 0 Å². The average molecular weight is 2070 g/mol. The second-order valence-electron chi connectivity index (χ2n) is 49.5. The van der Waals surface area contributed by atoms with Crippen LogP contribution in [-0.4, -0.2) is 314 Å². The summed E-state index contributed by atoms with van der Waals surface area (Å²) < 4.78 is 15.7. The number of hydrazine groups is 2. The van der Waals surface area contributed by atoms with Crippen LogP contribution in [0.4, 0.5) is 0 Å². The van der Waals surface area contributed by atoms with E-state index in [0.717, 1.165) is 190 Å². The number of nitrogens with zero attached hydrogens (tertiary/aromatic N) is 2. The number of nitrogens with one attached hydrogen (secondary N) is 27. The smallest absolute Gasteiger partial charge is 0.137 e. The summed E-state index contributed by atoms with van der Waals surface area (Å²) in [6, 6.07) is 0. The largest absolute Gasteiger partial charge is 0.416 e. The Morgan fingerprint density at radius 1 is 0.348 bits per heavy atom. The van der Waals surface area contributed by atoms with Gasteiger partial charge in [-0.15, -0.1) is 29.0 Å². The maximum Gasteiger partial charge on any atom is 0.137 e. The summed E-state index contributed by atoms with van der Waals surface area (Å²) in [5.41, 5.74) is 21.7. The zero-order valence-electron chi connectivity index (χ0n) is 96.6. The summed E-state index contributed by atoms with van der Waals surface area (Å²) in [5.74, 6) is 6.31. The Morgan fingerprint density at radius 3 is 1.20 bits per heavy atom. The van der Waals surface area contributed by atoms with Gasteiger partial charge in [-0.2, -0.15) is 17.2 Å². The Kier molecular flexibility index (Phi) is 67.4. The number of morpholine rings is 1. The maximum absolute atomic E-state index is 5.35. The fraction of sp³-hybridized carbons (Fsp3) is 0.941. The van der Waals surface area contributed by atoms with Crippen molar-refractivity contribution in [2.45, 2.75) is 395 Å². The molecule has 0 unspecified atom stereocenters. The van der Waals surface area contributed by atoms with Gasteiger partial charge in [0, 0.05) is 176 Å². The Balaban J connectivity index is 0.000000747. The number of thioether (sulfide) groups is 3. The monoisotopic (exact) mass is 2060 g/mol. The van der Waals surface area contributed by atoms with E-state index in [1.54, 1.807) is 12.5 Å². The number of rotatable bonds is 0. The fourth-order valence-electron chi connectivity index (χ4n) is 13.6. The first-order chi connectivity index (χ1) is 65.2. The van der Waals surface area contributed by atoms with Crippen LogP contribution < -0.4 is 144 Å². The van der Waals surface area contributed by atoms with Gasteiger partial charge in [-0.25, -0.2) is 16.3 Å². The van der Waals surface area contributed by atoms with Crippen molar-refractivity contribution in [2.24, 2.45) is 21.1 Å². The molecule has 14 saturated heterocycles. The maximum atomic E-state index is 5.35. The molecule has 27 N–H and O–H groups in total. The number of hydroxylamine groups is 2. The predicted molar refractivity (Wildman–Crippen MR) is 605 cm³/mol. The molecule has 0 aromatic rings. The van der Waals surface area contributed by atoms with Crippen LogP contribution in [0.2, 0.25) is 0 Å². The molecular formula is C102H225N29O7S3. The van der Waals surface area contributed by atoms with Crippen LogP contribution in [0, 0.1) is 10.8 Å². The van der Waals surface area contributed by atoms with E-state index < -0.39 is 0 Å². The lowest BCUT2D eigenvalue weighted by Gasteiger charge is -2.32. The molecule has 141 heavy (non-hydrogen) atoms. The first-order valence-electron chi connectivity index (χ1n) is 52.8. The minimum absolute atomic E-state index is 0.0278. The molecule has 36 nitrogen and oxygen atoms in total. The molecule has 0 aromatic carbocycles. The van der Waals surface area contributed by atoms with E-state index in [0.29, 0.717) is 44.7 Å². The first-order valence-corrected chi connectivity index (χ1v) is 56.1. The van der Waals surface area contributed by atoms with Gasteiger partial charge in [-0.1, -0.05) is 38.0 Å². The van der Waals surface area contributed by atoms with Gasteiger partial charge in [0.25, 0.3) is 0 Å². The molecule has 39 heteroatoms. The zero-order chi connectivity index (χ0) is 107. The van der Waals surface area contributed by atoms with Crippen LogP contribution in [0.5, 0.6) is 0 Å². The van der Waals surface area contributed by atoms with Gasteiger partial charge in [0.15, 0.2) is 0 Å². The minimum Gasteiger partial charge on any atom is -0.416 e. The first kappa shape index (κ1) is 137. The highest BCUT2D eigenvalue weighted by atomic mass is 32.2. The molecule has 0 aromatic heterocycles. The minimum atomic E-state index is -0.0712. The molecule has 0 bridgehead atoms. The molecule has 0 atom stereocenters. The third-order valence-electron chi connectivity index (χ3n) is 23.6. The Bertz CT molecular complexity index is 2520. The lowest BCUT2D eigenvalue weighted by molar-refractivity contribution is -0.0679. The molecule has 0 amide bonds. The van der Waals surface area contributed by atoms with Crippen molar-refractivity contribution >= 4 is 47.7 Å². The third kappa shape index (κ3) is 83.2. The molecule has 0 radical (unpaired) electrons. The summed E-state index contributed by atoms with van der Waals surface area (Å²) in [4.78, 5) is 19.7. The molecule has 0 aliphatic carbocycles. The van der Waals surface area contributed by atoms with Gasteiger partial charge in [0.05, 0.1) is 87.7 Å². The van der Waals surface area contributed by atoms with Gasteiger partial charge in [-0.05, 0) is 341 Å². The van der Waals surface area contributed by atoms with Gasteiger partial charge in [-0.3, -0.25) is 58.6 Å². The average Bonchev–Trinajstić information content (AvgIpc) is 1.79. The SMILES string of the molecule is CC1(C)C=CNCN1.CC1(C)C=CON1.CC1(C)C=NOC1.CC1(C)CC=NO1.CC1(C)CCCON1.CC1(C)CCNCN1.CC1(C)CCOCN1.CC1(C)CCSCN1.CC1(C)CNCCN1.CC1(C)CNCNC1.CC1(C)CNCNN1.CC1(C)CNNCN1.CC1(C)COCCN1.CC1(C)CSCCN1.CC1(C)NCCCN1.CC1(C)NCCCO1.CC1(C)NCCCS1.CC1(C)NCNCN1. The van der Waals surface area contributed by atoms with Crippen molar-refractivity contribution < 1.29 is 33.6 Å². The van der Waals surface area contributed by atoms with Gasteiger partial charge < -0.3 is 92.0 Å². The van der Waals surface area contributed by atoms with Crippen molar-refractivity contribution in [3.8, 4) is 0 Å². The van der Waals surface area contributed by atoms with E-state index in [1.165, 1.54) is 74.6 Å². The summed E-state index contributed by atoms with van der Waals surface area (Å²) in [7, 11) is 0. The number of hydrogen-bond acceptors (Lipinski definition) is 39. The van der Waals surface area contributed by atoms with Crippen molar-refractivity contribution in [3.05, 3.63) is 24.6 Å². The highest BCUT2D eigenvalue weighted by molar-refractivity contribution is 8.00.